The highest BCUT2D eigenvalue weighted by molar-refractivity contribution is 7.89. The van der Waals surface area contributed by atoms with Gasteiger partial charge < -0.3 is 0 Å². The largest absolute Gasteiger partial charge is 0.287 e. The van der Waals surface area contributed by atoms with Gasteiger partial charge in [0.25, 0.3) is 10.0 Å². The van der Waals surface area contributed by atoms with Crippen LogP contribution in [0.2, 0.25) is 5.02 Å². The number of ketones is 2. The molecule has 1 aliphatic rings. The molecule has 3 aromatic carbocycles. The maximum absolute atomic E-state index is 13.5. The quantitative estimate of drug-likeness (QED) is 0.405. The van der Waals surface area contributed by atoms with Crippen molar-refractivity contribution in [3.8, 4) is 0 Å². The summed E-state index contributed by atoms with van der Waals surface area (Å²) < 4.78 is 31.9. The van der Waals surface area contributed by atoms with Gasteiger partial charge in [0.1, 0.15) is 24.6 Å². The molecule has 0 saturated heterocycles. The molecule has 0 spiro atoms. The lowest BCUT2D eigenvalue weighted by molar-refractivity contribution is -0.687. The predicted molar refractivity (Wildman–Crippen MR) is 130 cm³/mol. The minimum atomic E-state index is -4.18. The van der Waals surface area contributed by atoms with Gasteiger partial charge >= 0.3 is 0 Å². The van der Waals surface area contributed by atoms with Gasteiger partial charge in [-0.1, -0.05) is 66.2 Å². The molecule has 174 valence electrons. The molecule has 1 heterocycles. The summed E-state index contributed by atoms with van der Waals surface area (Å²) in [6.07, 6.45) is 5.02. The molecule has 0 amide bonds. The molecule has 5 rings (SSSR count). The lowest BCUT2D eigenvalue weighted by Gasteiger charge is -2.19. The van der Waals surface area contributed by atoms with Crippen LogP contribution in [0.5, 0.6) is 0 Å². The first kappa shape index (κ1) is 22.8. The Balaban J connectivity index is 1.60. The van der Waals surface area contributed by atoms with Gasteiger partial charge in [0.2, 0.25) is 23.6 Å². The van der Waals surface area contributed by atoms with Crippen LogP contribution < -0.4 is 9.29 Å². The zero-order valence-electron chi connectivity index (χ0n) is 18.3. The van der Waals surface area contributed by atoms with Crippen molar-refractivity contribution >= 4 is 38.9 Å². The van der Waals surface area contributed by atoms with Crippen LogP contribution in [0.3, 0.4) is 0 Å². The number of rotatable bonds is 6. The highest BCUT2D eigenvalue weighted by Crippen LogP contribution is 2.29. The molecule has 0 radical (unpaired) electrons. The maximum atomic E-state index is 13.5. The zero-order valence-corrected chi connectivity index (χ0v) is 19.8. The third-order valence-electron chi connectivity index (χ3n) is 5.61. The number of nitrogens with zero attached hydrogens (tertiary/aromatic N) is 2. The van der Waals surface area contributed by atoms with Crippen LogP contribution in [0.15, 0.2) is 108 Å². The number of allylic oxidation sites excluding steroid dienone is 2. The van der Waals surface area contributed by atoms with E-state index in [4.69, 9.17) is 11.6 Å². The summed E-state index contributed by atoms with van der Waals surface area (Å²) in [7, 11) is -4.18. The molecule has 0 aliphatic heterocycles. The Bertz CT molecular complexity index is 1590. The van der Waals surface area contributed by atoms with E-state index in [1.54, 1.807) is 36.9 Å². The van der Waals surface area contributed by atoms with Crippen molar-refractivity contribution in [3.63, 3.8) is 0 Å². The Kier molecular flexibility index (Phi) is 5.84. The number of carbonyl (C=O) groups is 2. The molecule has 1 aromatic heterocycles. The molecule has 0 bridgehead atoms. The van der Waals surface area contributed by atoms with E-state index in [9.17, 15) is 18.0 Å². The summed E-state index contributed by atoms with van der Waals surface area (Å²) in [5, 5.41) is 0.372. The van der Waals surface area contributed by atoms with E-state index in [0.29, 0.717) is 11.6 Å². The Morgan fingerprint density at radius 3 is 2.14 bits per heavy atom. The summed E-state index contributed by atoms with van der Waals surface area (Å²) >= 11 is 5.89. The number of Topliss-reactive ketones (excluding diaryl/α,β-unsaturated/α-hetero) is 2. The Hall–Kier alpha value is -4.01. The third kappa shape index (κ3) is 4.41. The third-order valence-corrected chi connectivity index (χ3v) is 7.23. The number of sulfonamides is 1. The first-order valence-corrected chi connectivity index (χ1v) is 12.5. The summed E-state index contributed by atoms with van der Waals surface area (Å²) in [5.74, 6) is -1.05. The predicted octanol–water partition coefficient (Wildman–Crippen LogP) is 3.70. The van der Waals surface area contributed by atoms with Gasteiger partial charge in [-0.15, -0.1) is 0 Å². The van der Waals surface area contributed by atoms with Crippen molar-refractivity contribution in [2.75, 3.05) is 0 Å². The first-order valence-electron chi connectivity index (χ1n) is 10.7. The average molecular weight is 505 g/mol. The van der Waals surface area contributed by atoms with E-state index in [1.807, 2.05) is 34.9 Å². The van der Waals surface area contributed by atoms with Gasteiger partial charge in [-0.05, 0) is 29.8 Å². The maximum Gasteiger partial charge on any atom is 0.262 e. The number of fused-ring (bicyclic) bond motifs is 1. The number of carbonyl (C=O) groups excluding carboxylic acids is 2. The molecule has 4 aromatic rings. The van der Waals surface area contributed by atoms with Gasteiger partial charge in [-0.2, -0.15) is 4.57 Å². The number of benzene rings is 3. The van der Waals surface area contributed by atoms with Crippen LogP contribution in [0.1, 0.15) is 26.3 Å². The normalized spacial score (nSPS) is 13.6. The second-order valence-corrected chi connectivity index (χ2v) is 10.1. The van der Waals surface area contributed by atoms with Crippen molar-refractivity contribution in [1.29, 1.82) is 0 Å². The molecule has 35 heavy (non-hydrogen) atoms. The Labute approximate surface area is 207 Å². The van der Waals surface area contributed by atoms with E-state index in [1.165, 1.54) is 34.9 Å². The summed E-state index contributed by atoms with van der Waals surface area (Å²) in [4.78, 5) is 26.9. The molecule has 7 nitrogen and oxygen atoms in total. The minimum Gasteiger partial charge on any atom is -0.287 e. The topological polar surface area (TPSA) is 89.1 Å². The molecular formula is C26H19ClN3O4S+. The number of nitrogens with one attached hydrogen (secondary N) is 1. The van der Waals surface area contributed by atoms with Crippen LogP contribution in [-0.4, -0.2) is 24.6 Å². The number of halogens is 1. The molecule has 0 unspecified atom stereocenters. The van der Waals surface area contributed by atoms with Gasteiger partial charge in [0.15, 0.2) is 0 Å². The van der Waals surface area contributed by atoms with Crippen molar-refractivity contribution in [3.05, 3.63) is 125 Å². The number of aromatic nitrogens is 2. The SMILES string of the molecule is O=C1C(NS(=O)(=O)c2ccc(Cl)cc2)=C(n2cc[n+](Cc3ccccc3)c2)C(=O)c2ccccc21. The fourth-order valence-electron chi connectivity index (χ4n) is 3.92. The van der Waals surface area contributed by atoms with Crippen molar-refractivity contribution in [2.24, 2.45) is 0 Å². The lowest BCUT2D eigenvalue weighted by Crippen LogP contribution is -2.36. The summed E-state index contributed by atoms with van der Waals surface area (Å²) in [6, 6.07) is 21.6. The standard InChI is InChI=1S/C26H18ClN3O4S/c27-19-10-12-20(13-11-19)35(33,34)28-23-24(26(32)22-9-5-4-8-21(22)25(23)31)30-15-14-29(17-30)16-18-6-2-1-3-7-18/h1-15,17H,16H2/p+1. The van der Waals surface area contributed by atoms with Crippen molar-refractivity contribution < 1.29 is 22.6 Å². The van der Waals surface area contributed by atoms with Crippen LogP contribution in [0.25, 0.3) is 5.70 Å². The zero-order chi connectivity index (χ0) is 24.6. The van der Waals surface area contributed by atoms with E-state index in [-0.39, 0.29) is 27.4 Å². The van der Waals surface area contributed by atoms with E-state index >= 15 is 0 Å². The van der Waals surface area contributed by atoms with Crippen molar-refractivity contribution in [1.82, 2.24) is 9.29 Å². The molecule has 0 atom stereocenters. The fraction of sp³-hybridized carbons (Fsp3) is 0.0385. The summed E-state index contributed by atoms with van der Waals surface area (Å²) in [6.45, 7) is 0.533. The van der Waals surface area contributed by atoms with Gasteiger partial charge in [-0.25, -0.2) is 13.0 Å². The van der Waals surface area contributed by atoms with E-state index < -0.39 is 21.6 Å². The summed E-state index contributed by atoms with van der Waals surface area (Å²) in [5.41, 5.74) is 1.01. The Morgan fingerprint density at radius 2 is 1.46 bits per heavy atom. The first-order chi connectivity index (χ1) is 16.8. The van der Waals surface area contributed by atoms with E-state index in [0.717, 1.165) is 5.56 Å². The van der Waals surface area contributed by atoms with Crippen molar-refractivity contribution in [2.45, 2.75) is 11.4 Å². The molecule has 1 N–H and O–H groups in total. The number of hydrogen-bond acceptors (Lipinski definition) is 4. The van der Waals surface area contributed by atoms with Gasteiger partial charge in [-0.3, -0.25) is 14.3 Å². The number of hydrogen-bond donors (Lipinski definition) is 1. The molecule has 0 fully saturated rings. The molecule has 0 saturated carbocycles. The highest BCUT2D eigenvalue weighted by atomic mass is 35.5. The second kappa shape index (κ2) is 8.98. The Morgan fingerprint density at radius 1 is 0.829 bits per heavy atom. The van der Waals surface area contributed by atoms with Gasteiger partial charge in [0, 0.05) is 16.1 Å². The smallest absolute Gasteiger partial charge is 0.262 e. The van der Waals surface area contributed by atoms with E-state index in [2.05, 4.69) is 4.72 Å². The van der Waals surface area contributed by atoms with Crippen LogP contribution in [-0.2, 0) is 16.6 Å². The average Bonchev–Trinajstić information content (AvgIpc) is 3.31. The lowest BCUT2D eigenvalue weighted by atomic mass is 9.90. The van der Waals surface area contributed by atoms with Gasteiger partial charge in [0.05, 0.1) is 4.90 Å². The molecule has 1 aliphatic carbocycles. The number of imidazole rings is 1. The van der Waals surface area contributed by atoms with Crippen LogP contribution in [0, 0.1) is 0 Å². The molecule has 9 heteroatoms. The second-order valence-electron chi connectivity index (χ2n) is 7.97. The molecular weight excluding hydrogens is 486 g/mol. The highest BCUT2D eigenvalue weighted by Gasteiger charge is 2.38. The van der Waals surface area contributed by atoms with Crippen LogP contribution >= 0.6 is 11.6 Å². The minimum absolute atomic E-state index is 0.0712. The fourth-order valence-corrected chi connectivity index (χ4v) is 5.12. The monoisotopic (exact) mass is 504 g/mol. The van der Waals surface area contributed by atoms with Crippen LogP contribution in [0.4, 0.5) is 0 Å².